The SMILES string of the molecule is CCC(=O)C=CC1=Cc2cnc3cccc(n23)S1. The number of aromatic nitrogens is 2. The Bertz CT molecular complexity index is 682. The molecule has 0 saturated heterocycles. The van der Waals surface area contributed by atoms with Gasteiger partial charge in [0.1, 0.15) is 5.65 Å². The van der Waals surface area contributed by atoms with Crippen molar-refractivity contribution < 1.29 is 4.79 Å². The lowest BCUT2D eigenvalue weighted by molar-refractivity contribution is -0.114. The van der Waals surface area contributed by atoms with Crippen LogP contribution >= 0.6 is 11.8 Å². The van der Waals surface area contributed by atoms with Crippen LogP contribution in [0.4, 0.5) is 0 Å². The van der Waals surface area contributed by atoms with Gasteiger partial charge in [-0.15, -0.1) is 0 Å². The summed E-state index contributed by atoms with van der Waals surface area (Å²) in [5.74, 6) is 0.147. The third kappa shape index (κ3) is 1.88. The summed E-state index contributed by atoms with van der Waals surface area (Å²) in [6.45, 7) is 1.87. The van der Waals surface area contributed by atoms with Gasteiger partial charge in [0.05, 0.1) is 16.9 Å². The van der Waals surface area contributed by atoms with E-state index in [2.05, 4.69) is 21.5 Å². The second-order valence-corrected chi connectivity index (χ2v) is 5.14. The molecule has 0 aliphatic carbocycles. The fourth-order valence-electron chi connectivity index (χ4n) is 1.88. The number of carbonyl (C=O) groups excluding carboxylic acids is 1. The van der Waals surface area contributed by atoms with Crippen LogP contribution in [0.15, 0.2) is 46.5 Å². The molecular weight excluding hydrogens is 244 g/mol. The molecule has 3 rings (SSSR count). The molecule has 0 amide bonds. The molecular formula is C14H12N2OS. The lowest BCUT2D eigenvalue weighted by Gasteiger charge is -2.12. The average Bonchev–Trinajstić information content (AvgIpc) is 2.81. The summed E-state index contributed by atoms with van der Waals surface area (Å²) < 4.78 is 2.11. The van der Waals surface area contributed by atoms with E-state index >= 15 is 0 Å². The summed E-state index contributed by atoms with van der Waals surface area (Å²) >= 11 is 1.65. The number of carbonyl (C=O) groups is 1. The van der Waals surface area contributed by atoms with E-state index in [1.54, 1.807) is 17.8 Å². The van der Waals surface area contributed by atoms with E-state index in [0.29, 0.717) is 6.42 Å². The third-order valence-electron chi connectivity index (χ3n) is 2.82. The van der Waals surface area contributed by atoms with Gasteiger partial charge < -0.3 is 0 Å². The average molecular weight is 256 g/mol. The molecule has 0 atom stereocenters. The van der Waals surface area contributed by atoms with Gasteiger partial charge in [-0.25, -0.2) is 4.98 Å². The van der Waals surface area contributed by atoms with Crippen LogP contribution in [0.2, 0.25) is 0 Å². The summed E-state index contributed by atoms with van der Waals surface area (Å²) in [4.78, 5) is 16.7. The molecule has 3 nitrogen and oxygen atoms in total. The molecule has 0 radical (unpaired) electrons. The molecule has 0 saturated carbocycles. The van der Waals surface area contributed by atoms with Gasteiger partial charge in [-0.1, -0.05) is 24.8 Å². The number of nitrogens with zero attached hydrogens (tertiary/aromatic N) is 2. The zero-order chi connectivity index (χ0) is 12.5. The summed E-state index contributed by atoms with van der Waals surface area (Å²) in [5, 5.41) is 1.13. The van der Waals surface area contributed by atoms with Gasteiger partial charge in [0.25, 0.3) is 0 Å². The van der Waals surface area contributed by atoms with Crippen molar-refractivity contribution in [1.82, 2.24) is 9.38 Å². The number of imidazole rings is 1. The van der Waals surface area contributed by atoms with E-state index in [1.807, 2.05) is 31.3 Å². The fourth-order valence-corrected chi connectivity index (χ4v) is 2.88. The predicted molar refractivity (Wildman–Crippen MR) is 73.5 cm³/mol. The summed E-state index contributed by atoms with van der Waals surface area (Å²) in [5.41, 5.74) is 2.02. The number of pyridine rings is 1. The molecule has 4 heteroatoms. The van der Waals surface area contributed by atoms with Gasteiger partial charge in [0.15, 0.2) is 5.78 Å². The zero-order valence-corrected chi connectivity index (χ0v) is 10.8. The third-order valence-corrected chi connectivity index (χ3v) is 3.83. The molecule has 0 spiro atoms. The second-order valence-electron chi connectivity index (χ2n) is 4.04. The van der Waals surface area contributed by atoms with Crippen LogP contribution in [0, 0.1) is 0 Å². The highest BCUT2D eigenvalue weighted by atomic mass is 32.2. The summed E-state index contributed by atoms with van der Waals surface area (Å²) in [7, 11) is 0. The number of hydrogen-bond acceptors (Lipinski definition) is 3. The Hall–Kier alpha value is -1.81. The first-order chi connectivity index (χ1) is 8.78. The summed E-state index contributed by atoms with van der Waals surface area (Å²) in [6.07, 6.45) is 7.98. The van der Waals surface area contributed by atoms with E-state index in [4.69, 9.17) is 0 Å². The summed E-state index contributed by atoms with van der Waals surface area (Å²) in [6, 6.07) is 6.05. The molecule has 0 fully saturated rings. The zero-order valence-electron chi connectivity index (χ0n) is 9.96. The number of rotatable bonds is 3. The number of ketones is 1. The minimum atomic E-state index is 0.147. The first kappa shape index (κ1) is 11.3. The van der Waals surface area contributed by atoms with Crippen molar-refractivity contribution in [2.75, 3.05) is 0 Å². The Morgan fingerprint density at radius 2 is 2.39 bits per heavy atom. The molecule has 1 aliphatic rings. The highest BCUT2D eigenvalue weighted by molar-refractivity contribution is 8.03. The van der Waals surface area contributed by atoms with Crippen LogP contribution in [0.1, 0.15) is 19.0 Å². The highest BCUT2D eigenvalue weighted by Gasteiger charge is 2.13. The van der Waals surface area contributed by atoms with Gasteiger partial charge >= 0.3 is 0 Å². The first-order valence-corrected chi connectivity index (χ1v) is 6.66. The Morgan fingerprint density at radius 1 is 1.50 bits per heavy atom. The monoisotopic (exact) mass is 256 g/mol. The fraction of sp³-hybridized carbons (Fsp3) is 0.143. The van der Waals surface area contributed by atoms with Gasteiger partial charge in [0, 0.05) is 11.3 Å². The topological polar surface area (TPSA) is 34.4 Å². The van der Waals surface area contributed by atoms with Gasteiger partial charge in [-0.2, -0.15) is 0 Å². The van der Waals surface area contributed by atoms with E-state index in [-0.39, 0.29) is 5.78 Å². The van der Waals surface area contributed by atoms with E-state index in [0.717, 1.165) is 21.3 Å². The highest BCUT2D eigenvalue weighted by Crippen LogP contribution is 2.34. The Labute approximate surface area is 109 Å². The Morgan fingerprint density at radius 3 is 3.22 bits per heavy atom. The number of thioether (sulfide) groups is 1. The normalized spacial score (nSPS) is 14.2. The maximum absolute atomic E-state index is 11.3. The predicted octanol–water partition coefficient (Wildman–Crippen LogP) is 3.32. The molecule has 1 aliphatic heterocycles. The van der Waals surface area contributed by atoms with Crippen LogP contribution in [-0.4, -0.2) is 15.2 Å². The standard InChI is InChI=1S/C14H12N2OS/c1-2-11(17)6-7-12-8-10-9-15-13-4-3-5-14(18-12)16(10)13/h3-9H,2H2,1H3. The molecule has 2 aromatic heterocycles. The molecule has 90 valence electrons. The van der Waals surface area contributed by atoms with Gasteiger partial charge in [-0.3, -0.25) is 9.20 Å². The van der Waals surface area contributed by atoms with Gasteiger partial charge in [-0.05, 0) is 30.4 Å². The van der Waals surface area contributed by atoms with Crippen LogP contribution in [0.5, 0.6) is 0 Å². The van der Waals surface area contributed by atoms with Crippen LogP contribution in [0.25, 0.3) is 11.7 Å². The molecule has 0 N–H and O–H groups in total. The lowest BCUT2D eigenvalue weighted by Crippen LogP contribution is -1.97. The minimum Gasteiger partial charge on any atom is -0.295 e. The van der Waals surface area contributed by atoms with Crippen molar-refractivity contribution in [3.05, 3.63) is 47.1 Å². The van der Waals surface area contributed by atoms with E-state index in [9.17, 15) is 4.79 Å². The number of allylic oxidation sites excluding steroid dienone is 2. The van der Waals surface area contributed by atoms with Crippen LogP contribution in [-0.2, 0) is 4.79 Å². The molecule has 2 aromatic rings. The van der Waals surface area contributed by atoms with E-state index < -0.39 is 0 Å². The molecule has 18 heavy (non-hydrogen) atoms. The molecule has 3 heterocycles. The second kappa shape index (κ2) is 4.46. The maximum atomic E-state index is 11.3. The Kier molecular flexibility index (Phi) is 2.80. The largest absolute Gasteiger partial charge is 0.295 e. The molecule has 0 aromatic carbocycles. The van der Waals surface area contributed by atoms with Crippen molar-refractivity contribution in [3.8, 4) is 0 Å². The smallest absolute Gasteiger partial charge is 0.155 e. The lowest BCUT2D eigenvalue weighted by atomic mass is 10.2. The molecule has 0 unspecified atom stereocenters. The number of hydrogen-bond donors (Lipinski definition) is 0. The van der Waals surface area contributed by atoms with Crippen molar-refractivity contribution >= 4 is 29.3 Å². The minimum absolute atomic E-state index is 0.147. The van der Waals surface area contributed by atoms with Crippen molar-refractivity contribution in [3.63, 3.8) is 0 Å². The molecule has 0 bridgehead atoms. The van der Waals surface area contributed by atoms with E-state index in [1.165, 1.54) is 0 Å². The van der Waals surface area contributed by atoms with Crippen molar-refractivity contribution in [2.24, 2.45) is 0 Å². The van der Waals surface area contributed by atoms with Crippen LogP contribution in [0.3, 0.4) is 0 Å². The maximum Gasteiger partial charge on any atom is 0.155 e. The van der Waals surface area contributed by atoms with Gasteiger partial charge in [0.2, 0.25) is 0 Å². The quantitative estimate of drug-likeness (QED) is 0.790. The Balaban J connectivity index is 2.01. The first-order valence-electron chi connectivity index (χ1n) is 5.85. The van der Waals surface area contributed by atoms with Crippen molar-refractivity contribution in [2.45, 2.75) is 18.4 Å². The van der Waals surface area contributed by atoms with Crippen molar-refractivity contribution in [1.29, 1.82) is 0 Å². The van der Waals surface area contributed by atoms with Crippen LogP contribution < -0.4 is 0 Å².